The molecule has 3 aromatic rings. The molecule has 1 aromatic heterocycles. The number of fused-ring (bicyclic) bond motifs is 1. The predicted octanol–water partition coefficient (Wildman–Crippen LogP) is 3.80. The molecule has 0 unspecified atom stereocenters. The molecule has 1 heterocycles. The molecule has 3 rings (SSSR count). The van der Waals surface area contributed by atoms with Crippen LogP contribution in [-0.2, 0) is 0 Å². The van der Waals surface area contributed by atoms with Gasteiger partial charge in [-0.2, -0.15) is 0 Å². The quantitative estimate of drug-likeness (QED) is 0.702. The monoisotopic (exact) mass is 365 g/mol. The molecule has 0 aliphatic carbocycles. The van der Waals surface area contributed by atoms with Crippen molar-refractivity contribution in [3.05, 3.63) is 51.6 Å². The topological polar surface area (TPSA) is 63.3 Å². The third kappa shape index (κ3) is 2.21. The lowest BCUT2D eigenvalue weighted by Crippen LogP contribution is -1.98. The van der Waals surface area contributed by atoms with Gasteiger partial charge in [-0.1, -0.05) is 18.2 Å². The van der Waals surface area contributed by atoms with E-state index in [-0.39, 0.29) is 5.56 Å². The van der Waals surface area contributed by atoms with Crippen molar-refractivity contribution in [1.29, 1.82) is 0 Å². The Balaban J connectivity index is 2.26. The van der Waals surface area contributed by atoms with Crippen molar-refractivity contribution in [2.24, 2.45) is 0 Å². The number of nitrogens with zero attached hydrogens (tertiary/aromatic N) is 1. The molecule has 4 nitrogen and oxygen atoms in total. The second-order valence-corrected chi connectivity index (χ2v) is 5.24. The molecule has 0 amide bonds. The minimum atomic E-state index is -1.00. The molecule has 5 heteroatoms. The highest BCUT2D eigenvalue weighted by Gasteiger charge is 2.16. The number of carbonyl (C=O) groups is 1. The zero-order valence-corrected chi connectivity index (χ0v) is 11.8. The van der Waals surface area contributed by atoms with Crippen LogP contribution in [0.5, 0.6) is 0 Å². The highest BCUT2D eigenvalue weighted by molar-refractivity contribution is 14.1. The van der Waals surface area contributed by atoms with Gasteiger partial charge in [-0.15, -0.1) is 0 Å². The average Bonchev–Trinajstić information content (AvgIpc) is 2.82. The van der Waals surface area contributed by atoms with Gasteiger partial charge in [0, 0.05) is 9.13 Å². The summed E-state index contributed by atoms with van der Waals surface area (Å²) in [5.41, 5.74) is 1.85. The van der Waals surface area contributed by atoms with E-state index in [0.717, 1.165) is 9.13 Å². The van der Waals surface area contributed by atoms with Crippen molar-refractivity contribution >= 4 is 39.7 Å². The van der Waals surface area contributed by atoms with Crippen LogP contribution in [0.3, 0.4) is 0 Å². The molecule has 0 fully saturated rings. The van der Waals surface area contributed by atoms with Crippen LogP contribution in [0.15, 0.2) is 46.9 Å². The van der Waals surface area contributed by atoms with Gasteiger partial charge in [0.1, 0.15) is 5.52 Å². The van der Waals surface area contributed by atoms with E-state index in [4.69, 9.17) is 4.42 Å². The van der Waals surface area contributed by atoms with Gasteiger partial charge in [-0.3, -0.25) is 0 Å². The third-order valence-corrected chi connectivity index (χ3v) is 3.33. The fourth-order valence-corrected chi connectivity index (χ4v) is 2.46. The molecule has 0 atom stereocenters. The van der Waals surface area contributed by atoms with Crippen molar-refractivity contribution in [2.45, 2.75) is 0 Å². The van der Waals surface area contributed by atoms with Crippen LogP contribution >= 0.6 is 22.6 Å². The van der Waals surface area contributed by atoms with Gasteiger partial charge in [0.25, 0.3) is 0 Å². The van der Waals surface area contributed by atoms with Crippen molar-refractivity contribution in [1.82, 2.24) is 4.98 Å². The minimum absolute atomic E-state index is 0.160. The van der Waals surface area contributed by atoms with Gasteiger partial charge >= 0.3 is 5.97 Å². The Kier molecular flexibility index (Phi) is 2.98. The maximum Gasteiger partial charge on any atom is 0.338 e. The number of halogens is 1. The van der Waals surface area contributed by atoms with Crippen molar-refractivity contribution in [3.63, 3.8) is 0 Å². The highest BCUT2D eigenvalue weighted by Crippen LogP contribution is 2.28. The van der Waals surface area contributed by atoms with Crippen molar-refractivity contribution in [3.8, 4) is 11.5 Å². The molecule has 0 radical (unpaired) electrons. The van der Waals surface area contributed by atoms with Crippen LogP contribution in [0.2, 0.25) is 0 Å². The molecule has 2 aromatic carbocycles. The summed E-state index contributed by atoms with van der Waals surface area (Å²) in [6.45, 7) is 0. The van der Waals surface area contributed by atoms with Crippen LogP contribution in [-0.4, -0.2) is 16.1 Å². The lowest BCUT2D eigenvalue weighted by atomic mass is 10.2. The Labute approximate surface area is 122 Å². The van der Waals surface area contributed by atoms with E-state index in [9.17, 15) is 9.90 Å². The third-order valence-electron chi connectivity index (χ3n) is 2.71. The molecule has 0 spiro atoms. The number of benzene rings is 2. The van der Waals surface area contributed by atoms with E-state index in [2.05, 4.69) is 27.6 Å². The molecule has 0 bridgehead atoms. The van der Waals surface area contributed by atoms with Crippen LogP contribution in [0.25, 0.3) is 22.6 Å². The summed E-state index contributed by atoms with van der Waals surface area (Å²) in [6, 6.07) is 12.8. The summed E-state index contributed by atoms with van der Waals surface area (Å²) in [5, 5.41) is 9.20. The molecule has 19 heavy (non-hydrogen) atoms. The standard InChI is InChI=1S/C14H8INO3/c15-9-6-10(14(17)18)12-11(7-9)19-13(16-12)8-4-2-1-3-5-8/h1-7H,(H,17,18). The Bertz CT molecular complexity index is 765. The molecule has 0 saturated heterocycles. The SMILES string of the molecule is O=C(O)c1cc(I)cc2oc(-c3ccccc3)nc12. The van der Waals surface area contributed by atoms with Crippen LogP contribution in [0.4, 0.5) is 0 Å². The summed E-state index contributed by atoms with van der Waals surface area (Å²) in [7, 11) is 0. The second-order valence-electron chi connectivity index (χ2n) is 3.99. The number of oxazole rings is 1. The highest BCUT2D eigenvalue weighted by atomic mass is 127. The van der Waals surface area contributed by atoms with Gasteiger partial charge in [0.05, 0.1) is 5.56 Å². The van der Waals surface area contributed by atoms with E-state index < -0.39 is 5.97 Å². The molecule has 0 saturated carbocycles. The number of carboxylic acids is 1. The first-order valence-corrected chi connectivity index (χ1v) is 6.62. The smallest absolute Gasteiger partial charge is 0.338 e. The summed E-state index contributed by atoms with van der Waals surface area (Å²) in [4.78, 5) is 15.5. The number of hydrogen-bond acceptors (Lipinski definition) is 3. The maximum absolute atomic E-state index is 11.2. The first-order valence-electron chi connectivity index (χ1n) is 5.54. The van der Waals surface area contributed by atoms with E-state index in [1.807, 2.05) is 30.3 Å². The number of aromatic carboxylic acids is 1. The fraction of sp³-hybridized carbons (Fsp3) is 0. The normalized spacial score (nSPS) is 10.8. The maximum atomic E-state index is 11.2. The van der Waals surface area contributed by atoms with E-state index in [1.54, 1.807) is 12.1 Å². The van der Waals surface area contributed by atoms with Crippen LogP contribution in [0.1, 0.15) is 10.4 Å². The Morgan fingerprint density at radius 3 is 2.63 bits per heavy atom. The molecular formula is C14H8INO3. The van der Waals surface area contributed by atoms with Gasteiger partial charge in [0.2, 0.25) is 5.89 Å². The van der Waals surface area contributed by atoms with Crippen molar-refractivity contribution < 1.29 is 14.3 Å². The second kappa shape index (κ2) is 4.65. The van der Waals surface area contributed by atoms with Gasteiger partial charge in [-0.25, -0.2) is 9.78 Å². The summed E-state index contributed by atoms with van der Waals surface area (Å²) < 4.78 is 6.45. The Hall–Kier alpha value is -1.89. The lowest BCUT2D eigenvalue weighted by Gasteiger charge is -1.95. The zero-order chi connectivity index (χ0) is 13.4. The lowest BCUT2D eigenvalue weighted by molar-refractivity contribution is 0.0698. The largest absolute Gasteiger partial charge is 0.478 e. The molecular weight excluding hydrogens is 357 g/mol. The molecule has 94 valence electrons. The van der Waals surface area contributed by atoms with Gasteiger partial charge < -0.3 is 9.52 Å². The number of carboxylic acid groups (broad SMARTS) is 1. The predicted molar refractivity (Wildman–Crippen MR) is 79.1 cm³/mol. The van der Waals surface area contributed by atoms with E-state index in [0.29, 0.717) is 17.0 Å². The summed E-state index contributed by atoms with van der Waals surface area (Å²) in [6.07, 6.45) is 0. The first kappa shape index (κ1) is 12.2. The first-order chi connectivity index (χ1) is 9.15. The van der Waals surface area contributed by atoms with E-state index in [1.165, 1.54) is 0 Å². The Morgan fingerprint density at radius 2 is 1.95 bits per heavy atom. The van der Waals surface area contributed by atoms with Gasteiger partial charge in [0.15, 0.2) is 5.58 Å². The fourth-order valence-electron chi connectivity index (χ4n) is 1.86. The average molecular weight is 365 g/mol. The Morgan fingerprint density at radius 1 is 1.21 bits per heavy atom. The van der Waals surface area contributed by atoms with Crippen LogP contribution < -0.4 is 0 Å². The number of hydrogen-bond donors (Lipinski definition) is 1. The minimum Gasteiger partial charge on any atom is -0.478 e. The molecule has 0 aliphatic heterocycles. The number of aromatic nitrogens is 1. The van der Waals surface area contributed by atoms with Crippen LogP contribution in [0, 0.1) is 3.57 Å². The van der Waals surface area contributed by atoms with Gasteiger partial charge in [-0.05, 0) is 46.9 Å². The number of rotatable bonds is 2. The zero-order valence-electron chi connectivity index (χ0n) is 9.63. The summed E-state index contributed by atoms with van der Waals surface area (Å²) in [5.74, 6) is -0.573. The summed E-state index contributed by atoms with van der Waals surface area (Å²) >= 11 is 2.06. The molecule has 1 N–H and O–H groups in total. The van der Waals surface area contributed by atoms with Crippen molar-refractivity contribution in [2.75, 3.05) is 0 Å². The van der Waals surface area contributed by atoms with E-state index >= 15 is 0 Å². The molecule has 0 aliphatic rings.